The number of esters is 1. The van der Waals surface area contributed by atoms with Crippen molar-refractivity contribution < 1.29 is 9.53 Å². The maximum atomic E-state index is 12.5. The highest BCUT2D eigenvalue weighted by molar-refractivity contribution is 6.30. The smallest absolute Gasteiger partial charge is 0.338 e. The summed E-state index contributed by atoms with van der Waals surface area (Å²) >= 11 is 6.11. The number of halogens is 1. The van der Waals surface area contributed by atoms with Crippen molar-refractivity contribution in [3.63, 3.8) is 0 Å². The van der Waals surface area contributed by atoms with Crippen LogP contribution in [0, 0.1) is 0 Å². The summed E-state index contributed by atoms with van der Waals surface area (Å²) in [4.78, 5) is 16.7. The maximum Gasteiger partial charge on any atom is 0.338 e. The summed E-state index contributed by atoms with van der Waals surface area (Å²) in [5, 5.41) is 7.88. The molecular formula is C16H15ClN4O2. The molecule has 1 aliphatic rings. The summed E-state index contributed by atoms with van der Waals surface area (Å²) in [5.41, 5.74) is 1.97. The van der Waals surface area contributed by atoms with E-state index in [-0.39, 0.29) is 6.61 Å². The highest BCUT2D eigenvalue weighted by Crippen LogP contribution is 2.35. The highest BCUT2D eigenvalue weighted by atomic mass is 35.5. The third-order valence-corrected chi connectivity index (χ3v) is 3.75. The summed E-state index contributed by atoms with van der Waals surface area (Å²) < 4.78 is 6.87. The van der Waals surface area contributed by atoms with Crippen molar-refractivity contribution in [2.45, 2.75) is 13.0 Å². The molecule has 3 rings (SSSR count). The summed E-state index contributed by atoms with van der Waals surface area (Å²) in [6, 6.07) is 6.85. The van der Waals surface area contributed by atoms with Gasteiger partial charge in [0.05, 0.1) is 5.57 Å². The van der Waals surface area contributed by atoms with E-state index in [1.54, 1.807) is 23.7 Å². The molecule has 0 aliphatic carbocycles. The summed E-state index contributed by atoms with van der Waals surface area (Å²) in [6.07, 6.45) is 2.96. The summed E-state index contributed by atoms with van der Waals surface area (Å²) in [5.74, 6) is 0.133. The fraction of sp³-hybridized carbons (Fsp3) is 0.188. The van der Waals surface area contributed by atoms with E-state index in [0.717, 1.165) is 5.56 Å². The molecule has 2 aromatic rings. The Bertz CT molecular complexity index is 797. The lowest BCUT2D eigenvalue weighted by Crippen LogP contribution is -2.29. The molecule has 1 aromatic carbocycles. The summed E-state index contributed by atoms with van der Waals surface area (Å²) in [7, 11) is 0. The van der Waals surface area contributed by atoms with Crippen LogP contribution in [0.3, 0.4) is 0 Å². The quantitative estimate of drug-likeness (QED) is 0.689. The first kappa shape index (κ1) is 15.3. The summed E-state index contributed by atoms with van der Waals surface area (Å²) in [6.45, 7) is 5.51. The van der Waals surface area contributed by atoms with Gasteiger partial charge in [0, 0.05) is 10.7 Å². The van der Waals surface area contributed by atoms with E-state index in [4.69, 9.17) is 16.3 Å². The molecule has 6 nitrogen and oxygen atoms in total. The molecule has 7 heteroatoms. The maximum absolute atomic E-state index is 12.5. The van der Waals surface area contributed by atoms with Gasteiger partial charge in [-0.2, -0.15) is 10.1 Å². The third-order valence-electron chi connectivity index (χ3n) is 3.51. The number of fused-ring (bicyclic) bond motifs is 1. The van der Waals surface area contributed by atoms with Crippen LogP contribution in [0.1, 0.15) is 18.5 Å². The Morgan fingerprint density at radius 3 is 3.13 bits per heavy atom. The zero-order valence-electron chi connectivity index (χ0n) is 12.5. The fourth-order valence-electron chi connectivity index (χ4n) is 2.55. The molecule has 0 saturated carbocycles. The van der Waals surface area contributed by atoms with Gasteiger partial charge in [0.25, 0.3) is 0 Å². The van der Waals surface area contributed by atoms with Crippen molar-refractivity contribution in [1.82, 2.24) is 14.8 Å². The van der Waals surface area contributed by atoms with Crippen molar-refractivity contribution in [2.24, 2.45) is 0 Å². The van der Waals surface area contributed by atoms with Gasteiger partial charge in [-0.15, -0.1) is 0 Å². The number of rotatable bonds is 4. The van der Waals surface area contributed by atoms with Crippen LogP contribution < -0.4 is 5.32 Å². The van der Waals surface area contributed by atoms with Crippen molar-refractivity contribution in [1.29, 1.82) is 0 Å². The normalized spacial score (nSPS) is 16.5. The Morgan fingerprint density at radius 2 is 2.39 bits per heavy atom. The number of ether oxygens (including phenoxy) is 1. The fourth-order valence-corrected chi connectivity index (χ4v) is 2.75. The number of hydrogen-bond acceptors (Lipinski definition) is 5. The van der Waals surface area contributed by atoms with Gasteiger partial charge in [0.15, 0.2) is 0 Å². The highest BCUT2D eigenvalue weighted by Gasteiger charge is 2.34. The van der Waals surface area contributed by atoms with Crippen LogP contribution in [-0.2, 0) is 9.53 Å². The average molecular weight is 331 g/mol. The standard InChI is InChI=1S/C16H15ClN4O2/c1-3-7-23-15(22)13-10(2)20-16-18-9-19-21(16)14(13)11-5-4-6-12(17)8-11/h3-6,8-9,14H,1,7H2,2H3,(H,18,19,20). The Hall–Kier alpha value is -2.60. The van der Waals surface area contributed by atoms with E-state index in [1.807, 2.05) is 12.1 Å². The van der Waals surface area contributed by atoms with E-state index in [9.17, 15) is 4.79 Å². The van der Waals surface area contributed by atoms with Crippen molar-refractivity contribution in [2.75, 3.05) is 11.9 Å². The van der Waals surface area contributed by atoms with Crippen molar-refractivity contribution >= 4 is 23.5 Å². The number of nitrogens with one attached hydrogen (secondary N) is 1. The minimum absolute atomic E-state index is 0.141. The van der Waals surface area contributed by atoms with Crippen molar-refractivity contribution in [3.05, 3.63) is 65.1 Å². The monoisotopic (exact) mass is 330 g/mol. The molecular weight excluding hydrogens is 316 g/mol. The van der Waals surface area contributed by atoms with E-state index in [1.165, 1.54) is 12.4 Å². The van der Waals surface area contributed by atoms with Crippen LogP contribution in [0.2, 0.25) is 5.02 Å². The first-order chi connectivity index (χ1) is 11.1. The lowest BCUT2D eigenvalue weighted by molar-refractivity contribution is -0.138. The minimum atomic E-state index is -0.454. The second-order valence-electron chi connectivity index (χ2n) is 5.04. The number of hydrogen-bond donors (Lipinski definition) is 1. The molecule has 1 aliphatic heterocycles. The van der Waals surface area contributed by atoms with E-state index < -0.39 is 12.0 Å². The molecule has 0 fully saturated rings. The van der Waals surface area contributed by atoms with Crippen LogP contribution in [0.15, 0.2) is 54.5 Å². The van der Waals surface area contributed by atoms with E-state index in [0.29, 0.717) is 22.2 Å². The zero-order valence-corrected chi connectivity index (χ0v) is 13.2. The number of carbonyl (C=O) groups is 1. The lowest BCUT2D eigenvalue weighted by Gasteiger charge is -2.28. The van der Waals surface area contributed by atoms with Gasteiger partial charge in [0.2, 0.25) is 5.95 Å². The first-order valence-corrected chi connectivity index (χ1v) is 7.40. The zero-order chi connectivity index (χ0) is 16.4. The number of anilines is 1. The van der Waals surface area contributed by atoms with Crippen LogP contribution in [-0.4, -0.2) is 27.3 Å². The third kappa shape index (κ3) is 2.85. The number of allylic oxidation sites excluding steroid dienone is 1. The van der Waals surface area contributed by atoms with Crippen LogP contribution in [0.5, 0.6) is 0 Å². The van der Waals surface area contributed by atoms with Gasteiger partial charge in [-0.1, -0.05) is 36.4 Å². The van der Waals surface area contributed by atoms with Gasteiger partial charge in [-0.25, -0.2) is 9.48 Å². The molecule has 0 saturated heterocycles. The number of carbonyl (C=O) groups excluding carboxylic acids is 1. The molecule has 0 radical (unpaired) electrons. The number of benzene rings is 1. The van der Waals surface area contributed by atoms with E-state index in [2.05, 4.69) is 22.0 Å². The second kappa shape index (κ2) is 6.26. The molecule has 23 heavy (non-hydrogen) atoms. The molecule has 1 atom stereocenters. The van der Waals surface area contributed by atoms with Gasteiger partial charge in [-0.3, -0.25) is 0 Å². The van der Waals surface area contributed by atoms with Gasteiger partial charge in [0.1, 0.15) is 19.0 Å². The van der Waals surface area contributed by atoms with Crippen LogP contribution >= 0.6 is 11.6 Å². The van der Waals surface area contributed by atoms with Gasteiger partial charge >= 0.3 is 5.97 Å². The van der Waals surface area contributed by atoms with E-state index >= 15 is 0 Å². The molecule has 118 valence electrons. The SMILES string of the molecule is C=CCOC(=O)C1=C(C)Nc2ncnn2C1c1cccc(Cl)c1. The average Bonchev–Trinajstić information content (AvgIpc) is 2.99. The van der Waals surface area contributed by atoms with Crippen LogP contribution in [0.25, 0.3) is 0 Å². The molecule has 2 heterocycles. The second-order valence-corrected chi connectivity index (χ2v) is 5.47. The molecule has 0 amide bonds. The Balaban J connectivity index is 2.10. The number of nitrogens with zero attached hydrogens (tertiary/aromatic N) is 3. The molecule has 1 N–H and O–H groups in total. The Labute approximate surface area is 138 Å². The van der Waals surface area contributed by atoms with Crippen molar-refractivity contribution in [3.8, 4) is 0 Å². The lowest BCUT2D eigenvalue weighted by atomic mass is 9.96. The Morgan fingerprint density at radius 1 is 1.57 bits per heavy atom. The van der Waals surface area contributed by atoms with Gasteiger partial charge < -0.3 is 10.1 Å². The van der Waals surface area contributed by atoms with Gasteiger partial charge in [-0.05, 0) is 24.6 Å². The Kier molecular flexibility index (Phi) is 4.16. The first-order valence-electron chi connectivity index (χ1n) is 7.02. The predicted octanol–water partition coefficient (Wildman–Crippen LogP) is 2.95. The molecule has 0 spiro atoms. The molecule has 0 bridgehead atoms. The predicted molar refractivity (Wildman–Crippen MR) is 87.1 cm³/mol. The topological polar surface area (TPSA) is 69.0 Å². The number of aromatic nitrogens is 3. The molecule has 1 unspecified atom stereocenters. The largest absolute Gasteiger partial charge is 0.458 e. The minimum Gasteiger partial charge on any atom is -0.458 e. The molecule has 1 aromatic heterocycles. The van der Waals surface area contributed by atoms with Crippen LogP contribution in [0.4, 0.5) is 5.95 Å².